The van der Waals surface area contributed by atoms with Crippen LogP contribution in [0.2, 0.25) is 0 Å². The maximum Gasteiger partial charge on any atom is 0.335 e. The Balaban J connectivity index is 2.26. The summed E-state index contributed by atoms with van der Waals surface area (Å²) in [6, 6.07) is 0. The largest absolute Gasteiger partial charge is 0.464 e. The maximum atomic E-state index is 10.8. The molecule has 1 saturated heterocycles. The summed E-state index contributed by atoms with van der Waals surface area (Å²) in [4.78, 5) is 10.8. The van der Waals surface area contributed by atoms with Crippen molar-refractivity contribution in [2.75, 3.05) is 13.2 Å². The van der Waals surface area contributed by atoms with E-state index in [1.807, 2.05) is 0 Å². The van der Waals surface area contributed by atoms with Crippen molar-refractivity contribution in [3.8, 4) is 0 Å². The Morgan fingerprint density at radius 2 is 2.64 bits per heavy atom. The van der Waals surface area contributed by atoms with Crippen LogP contribution < -0.4 is 0 Å². The van der Waals surface area contributed by atoms with Gasteiger partial charge in [-0.2, -0.15) is 0 Å². The first kappa shape index (κ1) is 8.74. The van der Waals surface area contributed by atoms with Crippen LogP contribution >= 0.6 is 15.9 Å². The average Bonchev–Trinajstić information content (AvgIpc) is 2.31. The number of carbonyl (C=O) groups is 1. The molecule has 1 rings (SSSR count). The van der Waals surface area contributed by atoms with Crippen molar-refractivity contribution in [1.82, 2.24) is 0 Å². The fourth-order valence-electron chi connectivity index (χ4n) is 0.820. The molecule has 62 valence electrons. The van der Waals surface area contributed by atoms with E-state index in [9.17, 15) is 4.79 Å². The van der Waals surface area contributed by atoms with Gasteiger partial charge in [-0.15, -0.1) is 0 Å². The molecule has 0 aliphatic carbocycles. The summed E-state index contributed by atoms with van der Waals surface area (Å²) in [5.74, 6) is -0.265. The molecule has 0 aromatic heterocycles. The van der Waals surface area contributed by atoms with Gasteiger partial charge in [0.2, 0.25) is 0 Å². The highest BCUT2D eigenvalue weighted by Crippen LogP contribution is 2.12. The third-order valence-electron chi connectivity index (χ3n) is 1.33. The van der Waals surface area contributed by atoms with Gasteiger partial charge in [0.1, 0.15) is 0 Å². The molecule has 0 saturated carbocycles. The summed E-state index contributed by atoms with van der Waals surface area (Å²) in [6.07, 6.45) is 0.267. The molecule has 1 aliphatic heterocycles. The number of ether oxygens (including phenoxy) is 2. The lowest BCUT2D eigenvalue weighted by Crippen LogP contribution is -2.18. The van der Waals surface area contributed by atoms with Gasteiger partial charge in [-0.1, -0.05) is 22.5 Å². The van der Waals surface area contributed by atoms with Crippen molar-refractivity contribution in [1.29, 1.82) is 0 Å². The fraction of sp³-hybridized carbons (Fsp3) is 0.571. The van der Waals surface area contributed by atoms with E-state index in [-0.39, 0.29) is 12.1 Å². The highest BCUT2D eigenvalue weighted by Gasteiger charge is 2.26. The van der Waals surface area contributed by atoms with Crippen LogP contribution in [-0.4, -0.2) is 25.3 Å². The summed E-state index contributed by atoms with van der Waals surface area (Å²) >= 11 is 3.13. The zero-order valence-electron chi connectivity index (χ0n) is 6.01. The number of hydrogen-bond acceptors (Lipinski definition) is 3. The predicted molar refractivity (Wildman–Crippen MR) is 43.4 cm³/mol. The number of hydrogen-bond donors (Lipinski definition) is 0. The minimum Gasteiger partial charge on any atom is -0.464 e. The maximum absolute atomic E-state index is 10.8. The van der Waals surface area contributed by atoms with Crippen molar-refractivity contribution < 1.29 is 14.3 Å². The van der Waals surface area contributed by atoms with Crippen LogP contribution in [0.25, 0.3) is 0 Å². The molecular weight excluding hydrogens is 212 g/mol. The van der Waals surface area contributed by atoms with Gasteiger partial charge in [0.25, 0.3) is 0 Å². The van der Waals surface area contributed by atoms with Gasteiger partial charge in [-0.25, -0.2) is 4.79 Å². The average molecular weight is 221 g/mol. The van der Waals surface area contributed by atoms with Crippen molar-refractivity contribution in [3.05, 3.63) is 11.1 Å². The summed E-state index contributed by atoms with van der Waals surface area (Å²) in [6.45, 7) is 4.41. The topological polar surface area (TPSA) is 35.5 Å². The van der Waals surface area contributed by atoms with Gasteiger partial charge in [-0.3, -0.25) is 0 Å². The molecule has 0 aromatic carbocycles. The lowest BCUT2D eigenvalue weighted by Gasteiger charge is -2.05. The van der Waals surface area contributed by atoms with Gasteiger partial charge in [0, 0.05) is 10.9 Å². The van der Waals surface area contributed by atoms with Crippen LogP contribution in [-0.2, 0) is 14.3 Å². The highest BCUT2D eigenvalue weighted by molar-refractivity contribution is 9.11. The van der Waals surface area contributed by atoms with E-state index in [1.54, 1.807) is 0 Å². The van der Waals surface area contributed by atoms with E-state index in [1.165, 1.54) is 0 Å². The second-order valence-corrected chi connectivity index (χ2v) is 3.39. The highest BCUT2D eigenvalue weighted by atomic mass is 79.9. The van der Waals surface area contributed by atoms with E-state index in [2.05, 4.69) is 27.2 Å². The smallest absolute Gasteiger partial charge is 0.335 e. The normalized spacial score (nSPS) is 23.4. The van der Waals surface area contributed by atoms with E-state index in [4.69, 9.17) is 4.74 Å². The lowest BCUT2D eigenvalue weighted by atomic mass is 10.3. The Hall–Kier alpha value is -0.350. The molecule has 3 nitrogen and oxygen atoms in total. The zero-order chi connectivity index (χ0) is 8.27. The van der Waals surface area contributed by atoms with Gasteiger partial charge < -0.3 is 9.47 Å². The lowest BCUT2D eigenvalue weighted by molar-refractivity contribution is -0.146. The van der Waals surface area contributed by atoms with Crippen molar-refractivity contribution >= 4 is 21.9 Å². The number of rotatable bonds is 3. The van der Waals surface area contributed by atoms with Crippen LogP contribution in [0.3, 0.4) is 0 Å². The van der Waals surface area contributed by atoms with E-state index < -0.39 is 0 Å². The van der Waals surface area contributed by atoms with Crippen LogP contribution in [0.5, 0.6) is 0 Å². The molecule has 0 bridgehead atoms. The Kier molecular flexibility index (Phi) is 3.08. The van der Waals surface area contributed by atoms with Crippen molar-refractivity contribution in [3.63, 3.8) is 0 Å². The third kappa shape index (κ3) is 2.63. The molecule has 0 aromatic rings. The summed E-state index contributed by atoms with van der Waals surface area (Å²) < 4.78 is 10.6. The molecule has 1 unspecified atom stereocenters. The summed E-state index contributed by atoms with van der Waals surface area (Å²) in [5.41, 5.74) is 0. The first-order valence-corrected chi connectivity index (χ1v) is 4.11. The molecule has 0 amide bonds. The molecule has 0 spiro atoms. The molecule has 0 N–H and O–H groups in total. The van der Waals surface area contributed by atoms with Crippen LogP contribution in [0.1, 0.15) is 6.42 Å². The molecular formula is C7H9BrO3. The Morgan fingerprint density at radius 3 is 3.09 bits per heavy atom. The number of cyclic esters (lactones) is 1. The molecule has 1 aliphatic rings. The molecule has 1 atom stereocenters. The first-order chi connectivity index (χ1) is 5.20. The van der Waals surface area contributed by atoms with Gasteiger partial charge in [0.05, 0.1) is 13.2 Å². The summed E-state index contributed by atoms with van der Waals surface area (Å²) in [5, 5.41) is 0. The predicted octanol–water partition coefficient (Wildman–Crippen LogP) is 1.23. The van der Waals surface area contributed by atoms with E-state index in [0.717, 1.165) is 4.48 Å². The zero-order valence-corrected chi connectivity index (χ0v) is 7.59. The molecule has 11 heavy (non-hydrogen) atoms. The fourth-order valence-corrected chi connectivity index (χ4v) is 0.952. The van der Waals surface area contributed by atoms with E-state index >= 15 is 0 Å². The molecule has 1 fully saturated rings. The van der Waals surface area contributed by atoms with Crippen LogP contribution in [0, 0.1) is 0 Å². The van der Waals surface area contributed by atoms with Crippen molar-refractivity contribution in [2.24, 2.45) is 0 Å². The Bertz CT molecular complexity index is 179. The standard InChI is InChI=1S/C7H9BrO3/c1-5(8)4-11-6-2-3-10-7(6)9/h6H,1-4H2. The van der Waals surface area contributed by atoms with Crippen molar-refractivity contribution in [2.45, 2.75) is 12.5 Å². The number of halogens is 1. The van der Waals surface area contributed by atoms with Crippen LogP contribution in [0.4, 0.5) is 0 Å². The minimum atomic E-state index is -0.385. The monoisotopic (exact) mass is 220 g/mol. The Labute approximate surface area is 73.5 Å². The Morgan fingerprint density at radius 1 is 1.91 bits per heavy atom. The van der Waals surface area contributed by atoms with Gasteiger partial charge in [-0.05, 0) is 0 Å². The third-order valence-corrected chi connectivity index (χ3v) is 1.56. The first-order valence-electron chi connectivity index (χ1n) is 3.31. The number of esters is 1. The number of carbonyl (C=O) groups excluding carboxylic acids is 1. The van der Waals surface area contributed by atoms with Crippen LogP contribution in [0.15, 0.2) is 11.1 Å². The van der Waals surface area contributed by atoms with Gasteiger partial charge in [0.15, 0.2) is 6.10 Å². The molecule has 1 heterocycles. The summed E-state index contributed by atoms with van der Waals surface area (Å²) in [7, 11) is 0. The quantitative estimate of drug-likeness (QED) is 0.672. The second kappa shape index (κ2) is 3.88. The van der Waals surface area contributed by atoms with E-state index in [0.29, 0.717) is 19.6 Å². The minimum absolute atomic E-state index is 0.265. The SMILES string of the molecule is C=C(Br)COC1CCOC1=O. The van der Waals surface area contributed by atoms with Gasteiger partial charge >= 0.3 is 5.97 Å². The molecule has 0 radical (unpaired) electrons. The second-order valence-electron chi connectivity index (χ2n) is 2.27. The molecule has 4 heteroatoms.